The molecule has 2 aliphatic heterocycles. The molecule has 0 aromatic heterocycles. The Morgan fingerprint density at radius 1 is 0.818 bits per heavy atom. The third-order valence-electron chi connectivity index (χ3n) is 9.52. The van der Waals surface area contributed by atoms with Crippen LogP contribution < -0.4 is 4.74 Å². The molecule has 2 unspecified atom stereocenters. The number of fused-ring (bicyclic) bond motifs is 5. The summed E-state index contributed by atoms with van der Waals surface area (Å²) < 4.78 is 12.0. The van der Waals surface area contributed by atoms with Gasteiger partial charge in [-0.05, 0) is 78.1 Å². The van der Waals surface area contributed by atoms with Gasteiger partial charge in [0, 0.05) is 29.5 Å². The fraction of sp³-hybridized carbons (Fsp3) is 0.289. The van der Waals surface area contributed by atoms with Crippen molar-refractivity contribution in [2.24, 2.45) is 5.92 Å². The van der Waals surface area contributed by atoms with E-state index in [4.69, 9.17) is 9.47 Å². The van der Waals surface area contributed by atoms with E-state index in [1.807, 2.05) is 59.5 Å². The molecule has 4 aromatic carbocycles. The molecule has 1 amide bonds. The maximum absolute atomic E-state index is 13.8. The molecular weight excluding hydrogens is 548 g/mol. The van der Waals surface area contributed by atoms with Gasteiger partial charge in [-0.1, -0.05) is 78.9 Å². The highest BCUT2D eigenvalue weighted by molar-refractivity contribution is 5.98. The third kappa shape index (κ3) is 5.24. The zero-order valence-corrected chi connectivity index (χ0v) is 24.5. The lowest BCUT2D eigenvalue weighted by Crippen LogP contribution is -2.55. The Morgan fingerprint density at radius 2 is 1.45 bits per heavy atom. The molecule has 7 rings (SSSR count). The van der Waals surface area contributed by atoms with Crippen molar-refractivity contribution in [1.29, 1.82) is 5.26 Å². The molecule has 6 heteroatoms. The molecule has 2 fully saturated rings. The van der Waals surface area contributed by atoms with Crippen LogP contribution in [0, 0.1) is 17.2 Å². The minimum atomic E-state index is -0.276. The summed E-state index contributed by atoms with van der Waals surface area (Å²) in [6, 6.07) is 33.7. The van der Waals surface area contributed by atoms with Gasteiger partial charge in [-0.3, -0.25) is 4.79 Å². The van der Waals surface area contributed by atoms with Gasteiger partial charge in [0.05, 0.1) is 5.56 Å². The summed E-state index contributed by atoms with van der Waals surface area (Å²) >= 11 is 0. The topological polar surface area (TPSA) is 79.6 Å². The van der Waals surface area contributed by atoms with Crippen LogP contribution in [0.25, 0.3) is 11.1 Å². The number of piperidine rings is 2. The Hall–Kier alpha value is -4.89. The number of ether oxygens (including phenoxy) is 2. The van der Waals surface area contributed by atoms with Crippen LogP contribution in [0.2, 0.25) is 0 Å². The summed E-state index contributed by atoms with van der Waals surface area (Å²) in [6.07, 6.45) is 3.71. The van der Waals surface area contributed by atoms with Crippen molar-refractivity contribution in [3.8, 4) is 22.9 Å². The molecule has 2 atom stereocenters. The van der Waals surface area contributed by atoms with Crippen molar-refractivity contribution in [2.45, 2.75) is 56.7 Å². The normalized spacial score (nSPS) is 20.2. The zero-order valence-electron chi connectivity index (χ0n) is 24.5. The van der Waals surface area contributed by atoms with Crippen LogP contribution in [0.3, 0.4) is 0 Å². The first-order valence-electron chi connectivity index (χ1n) is 15.5. The fourth-order valence-corrected chi connectivity index (χ4v) is 7.42. The smallest absolute Gasteiger partial charge is 0.410 e. The molecule has 220 valence electrons. The predicted octanol–water partition coefficient (Wildman–Crippen LogP) is 7.90. The number of carbonyl (C=O) groups is 2. The quantitative estimate of drug-likeness (QED) is 0.207. The molecule has 2 bridgehead atoms. The van der Waals surface area contributed by atoms with E-state index >= 15 is 0 Å². The molecule has 0 saturated carbocycles. The van der Waals surface area contributed by atoms with Crippen molar-refractivity contribution in [3.63, 3.8) is 0 Å². The van der Waals surface area contributed by atoms with Crippen LogP contribution in [0.4, 0.5) is 4.79 Å². The average molecular weight is 583 g/mol. The molecule has 4 aromatic rings. The lowest BCUT2D eigenvalue weighted by Gasteiger charge is -2.47. The van der Waals surface area contributed by atoms with Gasteiger partial charge in [0.25, 0.3) is 0 Å². The Morgan fingerprint density at radius 3 is 2.11 bits per heavy atom. The Labute approximate surface area is 257 Å². The second-order valence-corrected chi connectivity index (χ2v) is 12.1. The highest BCUT2D eigenvalue weighted by Gasteiger charge is 2.44. The number of amides is 1. The second-order valence-electron chi connectivity index (χ2n) is 12.1. The highest BCUT2D eigenvalue weighted by atomic mass is 16.6. The van der Waals surface area contributed by atoms with Crippen molar-refractivity contribution < 1.29 is 19.1 Å². The average Bonchev–Trinajstić information content (AvgIpc) is 3.39. The van der Waals surface area contributed by atoms with E-state index in [-0.39, 0.29) is 35.8 Å². The minimum absolute atomic E-state index is 0.0139. The third-order valence-corrected chi connectivity index (χ3v) is 9.52. The van der Waals surface area contributed by atoms with Crippen LogP contribution in [0.1, 0.15) is 70.6 Å². The van der Waals surface area contributed by atoms with E-state index in [1.54, 1.807) is 18.2 Å². The first-order valence-corrected chi connectivity index (χ1v) is 15.5. The number of carbonyl (C=O) groups excluding carboxylic acids is 2. The van der Waals surface area contributed by atoms with Gasteiger partial charge >= 0.3 is 6.09 Å². The van der Waals surface area contributed by atoms with Crippen LogP contribution in [-0.4, -0.2) is 35.5 Å². The number of hydrogen-bond acceptors (Lipinski definition) is 5. The van der Waals surface area contributed by atoms with Gasteiger partial charge in [0.15, 0.2) is 5.78 Å². The van der Waals surface area contributed by atoms with Gasteiger partial charge in [-0.2, -0.15) is 5.26 Å². The van der Waals surface area contributed by atoms with E-state index in [0.29, 0.717) is 42.9 Å². The van der Waals surface area contributed by atoms with E-state index < -0.39 is 0 Å². The van der Waals surface area contributed by atoms with Gasteiger partial charge < -0.3 is 14.4 Å². The largest absolute Gasteiger partial charge is 0.487 e. The number of nitriles is 1. The van der Waals surface area contributed by atoms with E-state index in [9.17, 15) is 14.9 Å². The summed E-state index contributed by atoms with van der Waals surface area (Å²) in [6.45, 7) is 0.609. The molecule has 44 heavy (non-hydrogen) atoms. The van der Waals surface area contributed by atoms with E-state index in [0.717, 1.165) is 24.8 Å². The predicted molar refractivity (Wildman–Crippen MR) is 167 cm³/mol. The molecule has 0 radical (unpaired) electrons. The number of nitrogens with zero attached hydrogens (tertiary/aromatic N) is 2. The van der Waals surface area contributed by atoms with Crippen LogP contribution in [0.5, 0.6) is 5.75 Å². The summed E-state index contributed by atoms with van der Waals surface area (Å²) in [4.78, 5) is 29.3. The molecule has 6 nitrogen and oxygen atoms in total. The SMILES string of the molecule is N#Cc1ccc(C(=O)C2CC3CCCC(C2)N3C(=O)OCC2c3ccccc3-c3ccccc32)cc1OCc1ccccc1. The molecule has 3 aliphatic rings. The van der Waals surface area contributed by atoms with Gasteiger partial charge in [-0.15, -0.1) is 0 Å². The Bertz CT molecular complexity index is 1680. The summed E-state index contributed by atoms with van der Waals surface area (Å²) in [5.74, 6) is 0.277. The molecular formula is C38H34N2O4. The number of ketones is 1. The van der Waals surface area contributed by atoms with Gasteiger partial charge in [0.1, 0.15) is 25.0 Å². The first-order chi connectivity index (χ1) is 21.6. The van der Waals surface area contributed by atoms with Crippen LogP contribution >= 0.6 is 0 Å². The first kappa shape index (κ1) is 27.9. The molecule has 1 aliphatic carbocycles. The number of rotatable bonds is 7. The number of hydrogen-bond donors (Lipinski definition) is 0. The van der Waals surface area contributed by atoms with Crippen LogP contribution in [0.15, 0.2) is 97.1 Å². The van der Waals surface area contributed by atoms with Gasteiger partial charge in [-0.25, -0.2) is 4.79 Å². The number of benzene rings is 4. The van der Waals surface area contributed by atoms with Crippen molar-refractivity contribution in [3.05, 3.63) is 125 Å². The Balaban J connectivity index is 1.03. The Kier molecular flexibility index (Phi) is 7.62. The fourth-order valence-electron chi connectivity index (χ4n) is 7.42. The van der Waals surface area contributed by atoms with E-state index in [2.05, 4.69) is 30.3 Å². The van der Waals surface area contributed by atoms with Crippen molar-refractivity contribution >= 4 is 11.9 Å². The second kappa shape index (κ2) is 12.0. The molecule has 2 heterocycles. The minimum Gasteiger partial charge on any atom is -0.487 e. The molecule has 2 saturated heterocycles. The summed E-state index contributed by atoms with van der Waals surface area (Å²) in [5, 5.41) is 9.63. The van der Waals surface area contributed by atoms with E-state index in [1.165, 1.54) is 22.3 Å². The molecule has 0 spiro atoms. The molecule has 0 N–H and O–H groups in total. The number of Topliss-reactive ketones (excluding diaryl/α,β-unsaturated/α-hetero) is 1. The van der Waals surface area contributed by atoms with Gasteiger partial charge in [0.2, 0.25) is 0 Å². The maximum atomic E-state index is 13.8. The summed E-state index contributed by atoms with van der Waals surface area (Å²) in [5.41, 5.74) is 6.74. The lowest BCUT2D eigenvalue weighted by atomic mass is 9.76. The summed E-state index contributed by atoms with van der Waals surface area (Å²) in [7, 11) is 0. The van der Waals surface area contributed by atoms with Crippen LogP contribution in [-0.2, 0) is 11.3 Å². The van der Waals surface area contributed by atoms with Crippen molar-refractivity contribution in [2.75, 3.05) is 6.61 Å². The zero-order chi connectivity index (χ0) is 30.0. The monoisotopic (exact) mass is 582 g/mol. The standard InChI is InChI=1S/C38H34N2O4/c39-22-27-18-17-26(21-36(27)43-23-25-9-2-1-3-10-25)37(41)28-19-29-11-8-12-30(20-28)40(29)38(42)44-24-35-33-15-6-4-13-31(33)32-14-5-7-16-34(32)35/h1-7,9-10,13-18,21,28-30,35H,8,11-12,19-20,23-24H2. The lowest BCUT2D eigenvalue weighted by molar-refractivity contribution is 0.00650. The van der Waals surface area contributed by atoms with Crippen molar-refractivity contribution in [1.82, 2.24) is 4.90 Å². The highest BCUT2D eigenvalue weighted by Crippen LogP contribution is 2.45. The maximum Gasteiger partial charge on any atom is 0.410 e.